The third kappa shape index (κ3) is 3.12. The van der Waals surface area contributed by atoms with Crippen molar-refractivity contribution in [3.05, 3.63) is 51.1 Å². The minimum absolute atomic E-state index is 0.0128. The molecule has 0 aliphatic rings. The Labute approximate surface area is 126 Å². The molecule has 0 aliphatic carbocycles. The Morgan fingerprint density at radius 1 is 1.55 bits per heavy atom. The van der Waals surface area contributed by atoms with E-state index in [2.05, 4.69) is 15.9 Å². The fourth-order valence-corrected chi connectivity index (χ4v) is 2.24. The Kier molecular flexibility index (Phi) is 4.64. The van der Waals surface area contributed by atoms with E-state index in [1.54, 1.807) is 6.07 Å². The Morgan fingerprint density at radius 3 is 3.00 bits per heavy atom. The van der Waals surface area contributed by atoms with E-state index in [1.165, 1.54) is 12.3 Å². The number of furan rings is 1. The summed E-state index contributed by atoms with van der Waals surface area (Å²) in [6.07, 6.45) is 1.33. The number of amides is 1. The van der Waals surface area contributed by atoms with Crippen LogP contribution in [0.25, 0.3) is 0 Å². The van der Waals surface area contributed by atoms with Crippen molar-refractivity contribution in [2.45, 2.75) is 6.61 Å². The molecule has 0 spiro atoms. The van der Waals surface area contributed by atoms with Crippen molar-refractivity contribution in [2.75, 3.05) is 0 Å². The molecule has 0 unspecified atom stereocenters. The smallest absolute Gasteiger partial charge is 0.301 e. The van der Waals surface area contributed by atoms with E-state index in [0.29, 0.717) is 10.0 Å². The minimum atomic E-state index is -0.600. The van der Waals surface area contributed by atoms with Crippen molar-refractivity contribution < 1.29 is 18.3 Å². The van der Waals surface area contributed by atoms with Crippen molar-refractivity contribution in [2.24, 2.45) is 5.84 Å². The van der Waals surface area contributed by atoms with Crippen molar-refractivity contribution in [1.82, 2.24) is 5.43 Å². The van der Waals surface area contributed by atoms with E-state index in [0.717, 1.165) is 6.07 Å². The number of carbonyl (C=O) groups is 1. The lowest BCUT2D eigenvalue weighted by Gasteiger charge is -2.09. The average molecular weight is 364 g/mol. The predicted molar refractivity (Wildman–Crippen MR) is 73.8 cm³/mol. The van der Waals surface area contributed by atoms with Gasteiger partial charge < -0.3 is 9.15 Å². The largest absolute Gasteiger partial charge is 0.487 e. The van der Waals surface area contributed by atoms with E-state index in [4.69, 9.17) is 26.6 Å². The van der Waals surface area contributed by atoms with Crippen LogP contribution in [0, 0.1) is 5.82 Å². The number of hydrogen-bond acceptors (Lipinski definition) is 4. The molecule has 3 N–H and O–H groups in total. The number of benzene rings is 1. The molecular formula is C12H9BrClFN2O3. The van der Waals surface area contributed by atoms with Gasteiger partial charge in [0.2, 0.25) is 0 Å². The highest BCUT2D eigenvalue weighted by Crippen LogP contribution is 2.31. The molecule has 0 radical (unpaired) electrons. The third-order valence-corrected chi connectivity index (χ3v) is 3.35. The molecule has 8 heteroatoms. The number of rotatable bonds is 4. The second-order valence-electron chi connectivity index (χ2n) is 3.73. The van der Waals surface area contributed by atoms with Crippen molar-refractivity contribution >= 4 is 33.4 Å². The molecule has 5 nitrogen and oxygen atoms in total. The quantitative estimate of drug-likeness (QED) is 0.379. The number of nitrogens with one attached hydrogen (secondary N) is 1. The molecule has 1 heterocycles. The Balaban J connectivity index is 2.15. The molecule has 0 aliphatic heterocycles. The second-order valence-corrected chi connectivity index (χ2v) is 5.00. The zero-order valence-electron chi connectivity index (χ0n) is 9.95. The number of hydrazine groups is 1. The van der Waals surface area contributed by atoms with Crippen LogP contribution in [0.3, 0.4) is 0 Å². The van der Waals surface area contributed by atoms with Crippen molar-refractivity contribution in [3.8, 4) is 5.75 Å². The van der Waals surface area contributed by atoms with Gasteiger partial charge in [0.15, 0.2) is 5.76 Å². The number of ether oxygens (including phenoxy) is 1. The van der Waals surface area contributed by atoms with Crippen LogP contribution in [-0.2, 0) is 6.61 Å². The number of carbonyl (C=O) groups excluding carboxylic acids is 1. The summed E-state index contributed by atoms with van der Waals surface area (Å²) in [4.78, 5) is 11.4. The lowest BCUT2D eigenvalue weighted by Crippen LogP contribution is -2.30. The van der Waals surface area contributed by atoms with E-state index >= 15 is 0 Å². The number of nitrogens with two attached hydrogens (primary N) is 1. The van der Waals surface area contributed by atoms with Crippen LogP contribution in [-0.4, -0.2) is 5.91 Å². The molecule has 1 amide bonds. The van der Waals surface area contributed by atoms with E-state index in [1.807, 2.05) is 5.43 Å². The van der Waals surface area contributed by atoms with Gasteiger partial charge in [-0.15, -0.1) is 0 Å². The summed E-state index contributed by atoms with van der Waals surface area (Å²) >= 11 is 8.84. The van der Waals surface area contributed by atoms with E-state index in [-0.39, 0.29) is 23.1 Å². The molecule has 20 heavy (non-hydrogen) atoms. The first-order valence-electron chi connectivity index (χ1n) is 5.37. The summed E-state index contributed by atoms with van der Waals surface area (Å²) in [5, 5.41) is -0.0178. The zero-order valence-corrected chi connectivity index (χ0v) is 12.3. The van der Waals surface area contributed by atoms with Gasteiger partial charge in [-0.1, -0.05) is 11.6 Å². The first-order chi connectivity index (χ1) is 9.52. The van der Waals surface area contributed by atoms with Crippen LogP contribution in [0.5, 0.6) is 5.75 Å². The summed E-state index contributed by atoms with van der Waals surface area (Å²) in [6.45, 7) is 0.0128. The van der Waals surface area contributed by atoms with Gasteiger partial charge >= 0.3 is 5.91 Å². The maximum Gasteiger partial charge on any atom is 0.301 e. The monoisotopic (exact) mass is 362 g/mol. The Hall–Kier alpha value is -1.57. The molecule has 1 aromatic heterocycles. The van der Waals surface area contributed by atoms with Crippen LogP contribution in [0.1, 0.15) is 16.1 Å². The highest BCUT2D eigenvalue weighted by molar-refractivity contribution is 9.10. The summed E-state index contributed by atoms with van der Waals surface area (Å²) < 4.78 is 24.3. The van der Waals surface area contributed by atoms with E-state index in [9.17, 15) is 9.18 Å². The maximum atomic E-state index is 13.4. The summed E-state index contributed by atoms with van der Waals surface area (Å²) in [6, 6.07) is 4.09. The van der Waals surface area contributed by atoms with Gasteiger partial charge in [-0.25, -0.2) is 10.2 Å². The lowest BCUT2D eigenvalue weighted by molar-refractivity contribution is 0.0922. The van der Waals surface area contributed by atoms with Gasteiger partial charge in [0.05, 0.1) is 15.8 Å². The fraction of sp³-hybridized carbons (Fsp3) is 0.0833. The van der Waals surface area contributed by atoms with Crippen LogP contribution >= 0.6 is 27.5 Å². The zero-order chi connectivity index (χ0) is 14.7. The molecule has 0 saturated heterocycles. The molecule has 0 saturated carbocycles. The van der Waals surface area contributed by atoms with Crippen LogP contribution in [0.15, 0.2) is 33.4 Å². The minimum Gasteiger partial charge on any atom is -0.487 e. The topological polar surface area (TPSA) is 77.5 Å². The van der Waals surface area contributed by atoms with Crippen LogP contribution in [0.2, 0.25) is 5.02 Å². The predicted octanol–water partition coefficient (Wildman–Crippen LogP) is 3.02. The summed E-state index contributed by atoms with van der Waals surface area (Å²) in [5.41, 5.74) is 2.44. The standard InChI is InChI=1S/C12H9BrClFN2O3/c13-7-3-8(14)9(15)4-10(7)20-5-6-1-2-19-11(6)12(18)17-16/h1-4H,5,16H2,(H,17,18). The Bertz CT molecular complexity index is 648. The molecule has 0 atom stereocenters. The first-order valence-corrected chi connectivity index (χ1v) is 6.54. The van der Waals surface area contributed by atoms with Crippen LogP contribution < -0.4 is 16.0 Å². The summed E-state index contributed by atoms with van der Waals surface area (Å²) in [5.74, 6) is 4.15. The van der Waals surface area contributed by atoms with Gasteiger partial charge in [-0.3, -0.25) is 10.2 Å². The van der Waals surface area contributed by atoms with Crippen molar-refractivity contribution in [1.29, 1.82) is 0 Å². The van der Waals surface area contributed by atoms with Gasteiger partial charge in [0.25, 0.3) is 0 Å². The Morgan fingerprint density at radius 2 is 2.30 bits per heavy atom. The fourth-order valence-electron chi connectivity index (χ4n) is 1.48. The van der Waals surface area contributed by atoms with Gasteiger partial charge in [0, 0.05) is 11.6 Å². The maximum absolute atomic E-state index is 13.4. The molecule has 0 bridgehead atoms. The highest BCUT2D eigenvalue weighted by atomic mass is 79.9. The molecule has 2 rings (SSSR count). The number of halogens is 3. The molecular weight excluding hydrogens is 354 g/mol. The normalized spacial score (nSPS) is 10.4. The lowest BCUT2D eigenvalue weighted by atomic mass is 10.2. The average Bonchev–Trinajstić information content (AvgIpc) is 2.89. The highest BCUT2D eigenvalue weighted by Gasteiger charge is 2.15. The van der Waals surface area contributed by atoms with Gasteiger partial charge in [-0.2, -0.15) is 0 Å². The third-order valence-electron chi connectivity index (χ3n) is 2.44. The van der Waals surface area contributed by atoms with Gasteiger partial charge in [0.1, 0.15) is 18.2 Å². The molecule has 2 aromatic rings. The second kappa shape index (κ2) is 6.25. The van der Waals surface area contributed by atoms with E-state index < -0.39 is 11.7 Å². The van der Waals surface area contributed by atoms with Gasteiger partial charge in [-0.05, 0) is 28.1 Å². The SMILES string of the molecule is NNC(=O)c1occc1COc1cc(F)c(Cl)cc1Br. The van der Waals surface area contributed by atoms with Crippen LogP contribution in [0.4, 0.5) is 4.39 Å². The molecule has 0 fully saturated rings. The number of hydrogen-bond donors (Lipinski definition) is 2. The van der Waals surface area contributed by atoms with Crippen molar-refractivity contribution in [3.63, 3.8) is 0 Å². The molecule has 1 aromatic carbocycles. The summed E-state index contributed by atoms with van der Waals surface area (Å²) in [7, 11) is 0. The molecule has 106 valence electrons. The number of nitrogen functional groups attached to an aromatic ring is 1. The first kappa shape index (κ1) is 14.8.